The molecular weight excluding hydrogens is 258 g/mol. The Morgan fingerprint density at radius 1 is 1.26 bits per heavy atom. The Hall–Kier alpha value is -1.29. The van der Waals surface area contributed by atoms with E-state index in [2.05, 4.69) is 4.40 Å². The van der Waals surface area contributed by atoms with Crippen LogP contribution in [0.2, 0.25) is 0 Å². The van der Waals surface area contributed by atoms with E-state index >= 15 is 0 Å². The van der Waals surface area contributed by atoms with Gasteiger partial charge in [0.15, 0.2) is 5.78 Å². The third-order valence-corrected chi connectivity index (χ3v) is 3.92. The molecule has 0 bridgehead atoms. The summed E-state index contributed by atoms with van der Waals surface area (Å²) < 4.78 is 15.3. The standard InChI is InChI=1S/C15H21NO2S/c1-15(2,3)19(18)16-12-8-7-11-14(17)13-9-5-4-6-10-13/h4-6,9-10,12H,7-8,11H2,1-3H3/b16-12+/t19-/m1/s1. The number of carbonyl (C=O) groups excluding carboxylic acids is 1. The van der Waals surface area contributed by atoms with Crippen molar-refractivity contribution in [3.63, 3.8) is 0 Å². The molecule has 0 aliphatic rings. The molecule has 3 nitrogen and oxygen atoms in total. The molecule has 1 aromatic rings. The van der Waals surface area contributed by atoms with Crippen molar-refractivity contribution in [3.8, 4) is 0 Å². The predicted octanol–water partition coefficient (Wildman–Crippen LogP) is 3.57. The lowest BCUT2D eigenvalue weighted by atomic mass is 10.1. The summed E-state index contributed by atoms with van der Waals surface area (Å²) in [7, 11) is -1.20. The highest BCUT2D eigenvalue weighted by atomic mass is 32.2. The molecule has 4 heteroatoms. The Kier molecular flexibility index (Phi) is 6.09. The minimum atomic E-state index is -1.20. The number of hydrogen-bond acceptors (Lipinski definition) is 2. The predicted molar refractivity (Wildman–Crippen MR) is 81.0 cm³/mol. The molecule has 0 N–H and O–H groups in total. The molecule has 0 heterocycles. The number of benzene rings is 1. The number of hydrogen-bond donors (Lipinski definition) is 0. The molecule has 0 aliphatic carbocycles. The SMILES string of the molecule is CC(C)(C)[S@@](=O)/N=C/CCCC(=O)c1ccccc1. The van der Waals surface area contributed by atoms with E-state index in [-0.39, 0.29) is 10.5 Å². The summed E-state index contributed by atoms with van der Waals surface area (Å²) in [6.45, 7) is 5.66. The van der Waals surface area contributed by atoms with Gasteiger partial charge in [-0.1, -0.05) is 30.3 Å². The van der Waals surface area contributed by atoms with E-state index < -0.39 is 11.0 Å². The van der Waals surface area contributed by atoms with Gasteiger partial charge in [0.2, 0.25) is 0 Å². The van der Waals surface area contributed by atoms with Crippen molar-refractivity contribution in [2.75, 3.05) is 0 Å². The van der Waals surface area contributed by atoms with Crippen molar-refractivity contribution in [1.82, 2.24) is 0 Å². The first-order valence-electron chi connectivity index (χ1n) is 6.44. The summed E-state index contributed by atoms with van der Waals surface area (Å²) in [6, 6.07) is 9.27. The first kappa shape index (κ1) is 15.8. The van der Waals surface area contributed by atoms with Crippen molar-refractivity contribution in [1.29, 1.82) is 0 Å². The van der Waals surface area contributed by atoms with E-state index in [9.17, 15) is 9.00 Å². The fourth-order valence-corrected chi connectivity index (χ4v) is 1.96. The number of nitrogens with zero attached hydrogens (tertiary/aromatic N) is 1. The van der Waals surface area contributed by atoms with Crippen molar-refractivity contribution in [2.45, 2.75) is 44.8 Å². The quantitative estimate of drug-likeness (QED) is 0.454. The number of ketones is 1. The fourth-order valence-electron chi connectivity index (χ4n) is 1.40. The molecular formula is C15H21NO2S. The normalized spacial score (nSPS) is 13.6. The van der Waals surface area contributed by atoms with Gasteiger partial charge in [-0.05, 0) is 33.6 Å². The van der Waals surface area contributed by atoms with Gasteiger partial charge in [0, 0.05) is 18.2 Å². The molecule has 0 aromatic heterocycles. The molecule has 1 aromatic carbocycles. The topological polar surface area (TPSA) is 46.5 Å². The van der Waals surface area contributed by atoms with Crippen LogP contribution in [0.4, 0.5) is 0 Å². The number of Topliss-reactive ketones (excluding diaryl/α,β-unsaturated/α-hetero) is 1. The highest BCUT2D eigenvalue weighted by Crippen LogP contribution is 2.12. The molecule has 1 atom stereocenters. The van der Waals surface area contributed by atoms with Gasteiger partial charge in [0.05, 0.1) is 4.75 Å². The summed E-state index contributed by atoms with van der Waals surface area (Å²) in [5, 5.41) is 0. The summed E-state index contributed by atoms with van der Waals surface area (Å²) in [6.07, 6.45) is 3.58. The smallest absolute Gasteiger partial charge is 0.162 e. The van der Waals surface area contributed by atoms with Crippen LogP contribution < -0.4 is 0 Å². The summed E-state index contributed by atoms with van der Waals surface area (Å²) in [4.78, 5) is 11.8. The Bertz CT molecular complexity index is 461. The van der Waals surface area contributed by atoms with Crippen LogP contribution in [0.1, 0.15) is 50.4 Å². The molecule has 0 spiro atoms. The van der Waals surface area contributed by atoms with Gasteiger partial charge in [0.1, 0.15) is 11.0 Å². The van der Waals surface area contributed by atoms with Crippen molar-refractivity contribution >= 4 is 23.0 Å². The first-order valence-corrected chi connectivity index (χ1v) is 7.54. The maximum atomic E-state index is 11.8. The fraction of sp³-hybridized carbons (Fsp3) is 0.467. The average Bonchev–Trinajstić information content (AvgIpc) is 2.37. The van der Waals surface area contributed by atoms with E-state index in [4.69, 9.17) is 0 Å². The Balaban J connectivity index is 2.30. The van der Waals surface area contributed by atoms with Gasteiger partial charge in [0.25, 0.3) is 0 Å². The lowest BCUT2D eigenvalue weighted by Crippen LogP contribution is -2.19. The molecule has 0 aliphatic heterocycles. The van der Waals surface area contributed by atoms with Gasteiger partial charge in [-0.2, -0.15) is 4.40 Å². The zero-order valence-corrected chi connectivity index (χ0v) is 12.6. The summed E-state index contributed by atoms with van der Waals surface area (Å²) >= 11 is 0. The van der Waals surface area contributed by atoms with E-state index in [1.54, 1.807) is 6.21 Å². The summed E-state index contributed by atoms with van der Waals surface area (Å²) in [5.41, 5.74) is 0.748. The second kappa shape index (κ2) is 7.34. The molecule has 0 saturated heterocycles. The van der Waals surface area contributed by atoms with Gasteiger partial charge < -0.3 is 0 Å². The monoisotopic (exact) mass is 279 g/mol. The molecule has 104 valence electrons. The molecule has 1 rings (SSSR count). The van der Waals surface area contributed by atoms with Crippen molar-refractivity contribution in [3.05, 3.63) is 35.9 Å². The van der Waals surface area contributed by atoms with Crippen LogP contribution in [0.15, 0.2) is 34.7 Å². The van der Waals surface area contributed by atoms with Crippen LogP contribution in [0.3, 0.4) is 0 Å². The minimum Gasteiger partial charge on any atom is -0.294 e. The molecule has 0 amide bonds. The molecule has 0 fully saturated rings. The Morgan fingerprint density at radius 3 is 2.47 bits per heavy atom. The van der Waals surface area contributed by atoms with E-state index in [1.165, 1.54) is 0 Å². The van der Waals surface area contributed by atoms with Crippen LogP contribution in [0, 0.1) is 0 Å². The first-order chi connectivity index (χ1) is 8.91. The minimum absolute atomic E-state index is 0.144. The maximum Gasteiger partial charge on any atom is 0.162 e. The van der Waals surface area contributed by atoms with Crippen LogP contribution >= 0.6 is 0 Å². The number of unbranched alkanes of at least 4 members (excludes halogenated alkanes) is 1. The van der Waals surface area contributed by atoms with Gasteiger partial charge in [-0.25, -0.2) is 4.21 Å². The highest BCUT2D eigenvalue weighted by Gasteiger charge is 2.17. The maximum absolute atomic E-state index is 11.8. The summed E-state index contributed by atoms with van der Waals surface area (Å²) in [5.74, 6) is 0.144. The lowest BCUT2D eigenvalue weighted by molar-refractivity contribution is 0.0981. The van der Waals surface area contributed by atoms with Gasteiger partial charge >= 0.3 is 0 Å². The van der Waals surface area contributed by atoms with Gasteiger partial charge in [-0.3, -0.25) is 4.79 Å². The second-order valence-electron chi connectivity index (χ2n) is 5.33. The molecule has 0 saturated carbocycles. The van der Waals surface area contributed by atoms with E-state index in [0.29, 0.717) is 12.8 Å². The van der Waals surface area contributed by atoms with Crippen LogP contribution in [-0.4, -0.2) is 21.0 Å². The number of rotatable bonds is 6. The van der Waals surface area contributed by atoms with Crippen LogP contribution in [0.25, 0.3) is 0 Å². The second-order valence-corrected chi connectivity index (χ2v) is 7.26. The largest absolute Gasteiger partial charge is 0.294 e. The Morgan fingerprint density at radius 2 is 1.89 bits per heavy atom. The number of carbonyl (C=O) groups is 1. The zero-order chi connectivity index (χ0) is 14.3. The third kappa shape index (κ3) is 5.92. The molecule has 0 radical (unpaired) electrons. The van der Waals surface area contributed by atoms with E-state index in [0.717, 1.165) is 12.0 Å². The Labute approximate surface area is 117 Å². The van der Waals surface area contributed by atoms with Gasteiger partial charge in [-0.15, -0.1) is 0 Å². The highest BCUT2D eigenvalue weighted by molar-refractivity contribution is 7.85. The zero-order valence-electron chi connectivity index (χ0n) is 11.8. The van der Waals surface area contributed by atoms with Crippen LogP contribution in [0.5, 0.6) is 0 Å². The third-order valence-electron chi connectivity index (χ3n) is 2.53. The van der Waals surface area contributed by atoms with Crippen molar-refractivity contribution in [2.24, 2.45) is 4.40 Å². The van der Waals surface area contributed by atoms with Crippen LogP contribution in [-0.2, 0) is 11.0 Å². The van der Waals surface area contributed by atoms with Crippen molar-refractivity contribution < 1.29 is 9.00 Å². The lowest BCUT2D eigenvalue weighted by Gasteiger charge is -2.12. The molecule has 19 heavy (non-hydrogen) atoms. The molecule has 0 unspecified atom stereocenters. The van der Waals surface area contributed by atoms with E-state index in [1.807, 2.05) is 51.1 Å². The average molecular weight is 279 g/mol.